The number of likely N-dealkylation sites (N-methyl/N-ethyl adjacent to an activating group) is 1. The molecule has 2 amide bonds. The van der Waals surface area contributed by atoms with Crippen molar-refractivity contribution in [3.05, 3.63) is 28.8 Å². The summed E-state index contributed by atoms with van der Waals surface area (Å²) in [5, 5.41) is 2.35. The van der Waals surface area contributed by atoms with Gasteiger partial charge >= 0.3 is 0 Å². The van der Waals surface area contributed by atoms with Crippen molar-refractivity contribution < 1.29 is 14.0 Å². The second kappa shape index (κ2) is 6.47. The lowest BCUT2D eigenvalue weighted by Gasteiger charge is -2.20. The number of carbonyl (C=O) groups excluding carboxylic acids is 2. The lowest BCUT2D eigenvalue weighted by molar-refractivity contribution is -0.131. The number of nitrogens with zero attached hydrogens (tertiary/aromatic N) is 2. The van der Waals surface area contributed by atoms with Crippen LogP contribution in [0.5, 0.6) is 0 Å². The molecule has 0 spiro atoms. The zero-order chi connectivity index (χ0) is 14.6. The number of hydrogen-bond acceptors (Lipinski definition) is 3. The van der Waals surface area contributed by atoms with Crippen LogP contribution in [0.4, 0.5) is 4.39 Å². The Morgan fingerprint density at radius 2 is 2.21 bits per heavy atom. The quantitative estimate of drug-likeness (QED) is 0.853. The van der Waals surface area contributed by atoms with Crippen LogP contribution in [0.3, 0.4) is 0 Å². The van der Waals surface area contributed by atoms with Crippen LogP contribution in [0.1, 0.15) is 24.2 Å². The van der Waals surface area contributed by atoms with Gasteiger partial charge in [-0.3, -0.25) is 9.59 Å². The van der Waals surface area contributed by atoms with Crippen LogP contribution in [-0.2, 0) is 4.79 Å². The molecule has 1 unspecified atom stereocenters. The van der Waals surface area contributed by atoms with Crippen LogP contribution >= 0.6 is 11.6 Å². The average molecular weight is 288 g/mol. The molecule has 0 aliphatic rings. The third kappa shape index (κ3) is 3.89. The Morgan fingerprint density at radius 1 is 1.58 bits per heavy atom. The van der Waals surface area contributed by atoms with E-state index in [1.807, 2.05) is 6.92 Å². The van der Waals surface area contributed by atoms with Gasteiger partial charge in [-0.2, -0.15) is 0 Å². The van der Waals surface area contributed by atoms with Crippen molar-refractivity contribution in [3.63, 3.8) is 0 Å². The maximum atomic E-state index is 13.0. The number of carbonyl (C=O) groups is 2. The Balaban J connectivity index is 2.80. The Morgan fingerprint density at radius 3 is 2.79 bits per heavy atom. The molecule has 0 radical (unpaired) electrons. The van der Waals surface area contributed by atoms with Crippen molar-refractivity contribution >= 4 is 23.4 Å². The lowest BCUT2D eigenvalue weighted by atomic mass is 10.2. The summed E-state index contributed by atoms with van der Waals surface area (Å²) in [5.41, 5.74) is -0.0968. The highest BCUT2D eigenvalue weighted by Gasteiger charge is 2.21. The Kier molecular flexibility index (Phi) is 5.23. The third-order valence-corrected chi connectivity index (χ3v) is 2.92. The molecule has 0 fully saturated rings. The molecule has 0 bridgehead atoms. The van der Waals surface area contributed by atoms with E-state index in [2.05, 4.69) is 10.3 Å². The molecule has 0 saturated carbocycles. The highest BCUT2D eigenvalue weighted by atomic mass is 35.5. The summed E-state index contributed by atoms with van der Waals surface area (Å²) in [6.45, 7) is 3.90. The summed E-state index contributed by atoms with van der Waals surface area (Å²) in [6, 6.07) is 0.252. The van der Waals surface area contributed by atoms with Crippen LogP contribution in [0, 0.1) is 5.82 Å². The molecule has 0 saturated heterocycles. The minimum absolute atomic E-state index is 0.0968. The summed E-state index contributed by atoms with van der Waals surface area (Å²) in [5.74, 6) is -1.54. The molecule has 1 aromatic heterocycles. The maximum Gasteiger partial charge on any atom is 0.255 e. The monoisotopic (exact) mass is 287 g/mol. The number of amides is 2. The molecule has 1 rings (SSSR count). The predicted molar refractivity (Wildman–Crippen MR) is 69.4 cm³/mol. The second-order valence-electron chi connectivity index (χ2n) is 4.04. The smallest absolute Gasteiger partial charge is 0.255 e. The van der Waals surface area contributed by atoms with E-state index < -0.39 is 17.8 Å². The largest absolute Gasteiger partial charge is 0.344 e. The van der Waals surface area contributed by atoms with E-state index >= 15 is 0 Å². The topological polar surface area (TPSA) is 62.3 Å². The molecule has 1 heterocycles. The molecule has 0 aliphatic heterocycles. The maximum absolute atomic E-state index is 13.0. The molecule has 1 atom stereocenters. The van der Waals surface area contributed by atoms with Crippen molar-refractivity contribution in [1.29, 1.82) is 0 Å². The standard InChI is InChI=1S/C12H15ClFN3O2/c1-4-17(3)12(19)7(2)16-11(18)9-5-8(14)6-15-10(9)13/h5-7H,4H2,1-3H3,(H,16,18). The molecule has 0 aliphatic carbocycles. The van der Waals surface area contributed by atoms with E-state index in [4.69, 9.17) is 11.6 Å². The van der Waals surface area contributed by atoms with E-state index in [0.717, 1.165) is 12.3 Å². The van der Waals surface area contributed by atoms with Crippen molar-refractivity contribution in [2.24, 2.45) is 0 Å². The van der Waals surface area contributed by atoms with Gasteiger partial charge in [-0.05, 0) is 19.9 Å². The molecule has 5 nitrogen and oxygen atoms in total. The van der Waals surface area contributed by atoms with E-state index in [0.29, 0.717) is 6.54 Å². The zero-order valence-corrected chi connectivity index (χ0v) is 11.7. The van der Waals surface area contributed by atoms with Crippen molar-refractivity contribution in [3.8, 4) is 0 Å². The number of nitrogens with one attached hydrogen (secondary N) is 1. The van der Waals surface area contributed by atoms with E-state index in [9.17, 15) is 14.0 Å². The van der Waals surface area contributed by atoms with Crippen LogP contribution in [0.2, 0.25) is 5.15 Å². The van der Waals surface area contributed by atoms with Gasteiger partial charge in [-0.1, -0.05) is 11.6 Å². The number of hydrogen-bond donors (Lipinski definition) is 1. The Hall–Kier alpha value is -1.69. The number of aromatic nitrogens is 1. The molecule has 7 heteroatoms. The molecule has 19 heavy (non-hydrogen) atoms. The fraction of sp³-hybridized carbons (Fsp3) is 0.417. The van der Waals surface area contributed by atoms with Gasteiger partial charge in [0.05, 0.1) is 11.8 Å². The van der Waals surface area contributed by atoms with Crippen molar-refractivity contribution in [1.82, 2.24) is 15.2 Å². The normalized spacial score (nSPS) is 11.8. The number of rotatable bonds is 4. The predicted octanol–water partition coefficient (Wildman–Crippen LogP) is 1.47. The fourth-order valence-electron chi connectivity index (χ4n) is 1.40. The summed E-state index contributed by atoms with van der Waals surface area (Å²) in [6.07, 6.45) is 0.915. The number of pyridine rings is 1. The van der Waals surface area contributed by atoms with Gasteiger partial charge in [0.1, 0.15) is 17.0 Å². The van der Waals surface area contributed by atoms with Gasteiger partial charge in [0.15, 0.2) is 0 Å². The molecular weight excluding hydrogens is 273 g/mol. The summed E-state index contributed by atoms with van der Waals surface area (Å²) in [4.78, 5) is 28.7. The highest BCUT2D eigenvalue weighted by molar-refractivity contribution is 6.32. The first kappa shape index (κ1) is 15.4. The first-order chi connectivity index (χ1) is 8.86. The number of halogens is 2. The molecular formula is C12H15ClFN3O2. The zero-order valence-electron chi connectivity index (χ0n) is 10.9. The molecule has 0 aromatic carbocycles. The van der Waals surface area contributed by atoms with Gasteiger partial charge < -0.3 is 10.2 Å². The minimum atomic E-state index is -0.725. The van der Waals surface area contributed by atoms with E-state index in [1.165, 1.54) is 4.90 Å². The lowest BCUT2D eigenvalue weighted by Crippen LogP contribution is -2.45. The highest BCUT2D eigenvalue weighted by Crippen LogP contribution is 2.13. The van der Waals surface area contributed by atoms with Crippen LogP contribution in [0.15, 0.2) is 12.3 Å². The van der Waals surface area contributed by atoms with Crippen molar-refractivity contribution in [2.45, 2.75) is 19.9 Å². The van der Waals surface area contributed by atoms with Gasteiger partial charge in [0.2, 0.25) is 5.91 Å². The summed E-state index contributed by atoms with van der Waals surface area (Å²) in [7, 11) is 1.63. The first-order valence-corrected chi connectivity index (χ1v) is 6.11. The second-order valence-corrected chi connectivity index (χ2v) is 4.40. The van der Waals surface area contributed by atoms with Crippen molar-refractivity contribution in [2.75, 3.05) is 13.6 Å². The molecule has 1 aromatic rings. The SMILES string of the molecule is CCN(C)C(=O)C(C)NC(=O)c1cc(F)cnc1Cl. The Bertz CT molecular complexity index is 496. The third-order valence-electron chi connectivity index (χ3n) is 2.62. The van der Waals surface area contributed by atoms with Gasteiger partial charge in [-0.25, -0.2) is 9.37 Å². The van der Waals surface area contributed by atoms with E-state index in [-0.39, 0.29) is 16.6 Å². The van der Waals surface area contributed by atoms with Crippen LogP contribution < -0.4 is 5.32 Å². The van der Waals surface area contributed by atoms with Gasteiger partial charge in [0, 0.05) is 13.6 Å². The van der Waals surface area contributed by atoms with Gasteiger partial charge in [0.25, 0.3) is 5.91 Å². The first-order valence-electron chi connectivity index (χ1n) is 5.73. The minimum Gasteiger partial charge on any atom is -0.344 e. The average Bonchev–Trinajstić information content (AvgIpc) is 2.39. The summed E-state index contributed by atoms with van der Waals surface area (Å²) >= 11 is 5.71. The molecule has 104 valence electrons. The van der Waals surface area contributed by atoms with Gasteiger partial charge in [-0.15, -0.1) is 0 Å². The molecule has 1 N–H and O–H groups in total. The summed E-state index contributed by atoms with van der Waals surface area (Å²) < 4.78 is 13.0. The van der Waals surface area contributed by atoms with Crippen LogP contribution in [0.25, 0.3) is 0 Å². The Labute approximate surface area is 115 Å². The van der Waals surface area contributed by atoms with E-state index in [1.54, 1.807) is 14.0 Å². The fourth-order valence-corrected chi connectivity index (χ4v) is 1.59. The van der Waals surface area contributed by atoms with Crippen LogP contribution in [-0.4, -0.2) is 41.3 Å².